The molecule has 3 aliphatic rings. The lowest BCUT2D eigenvalue weighted by Crippen LogP contribution is -2.48. The van der Waals surface area contributed by atoms with E-state index in [4.69, 9.17) is 4.74 Å². The molecule has 0 amide bonds. The first-order chi connectivity index (χ1) is 13.7. The Balaban J connectivity index is 1.51. The quantitative estimate of drug-likeness (QED) is 0.673. The zero-order chi connectivity index (χ0) is 19.3. The number of hydrogen-bond donors (Lipinski definition) is 2. The topological polar surface area (TPSA) is 81.1 Å². The molecule has 0 aromatic carbocycles. The average molecular weight is 438 g/mol. The van der Waals surface area contributed by atoms with Gasteiger partial charge < -0.3 is 4.74 Å². The molecule has 1 saturated heterocycles. The van der Waals surface area contributed by atoms with Crippen molar-refractivity contribution in [3.05, 3.63) is 44.2 Å². The number of imidazole rings is 1. The molecular formula is C18H23N5O2S3. The third kappa shape index (κ3) is 3.06. The number of thiazole rings is 1. The molecule has 0 bridgehead atoms. The number of nitrogens with one attached hydrogen (secondary N) is 2. The lowest BCUT2D eigenvalue weighted by Gasteiger charge is -2.42. The van der Waals surface area contributed by atoms with Gasteiger partial charge in [-0.3, -0.25) is 15.0 Å². The first-order valence-corrected chi connectivity index (χ1v) is 12.5. The summed E-state index contributed by atoms with van der Waals surface area (Å²) in [5, 5.41) is 7.12. The number of fused-ring (bicyclic) bond motifs is 2. The van der Waals surface area contributed by atoms with Gasteiger partial charge >= 0.3 is 0 Å². The molecule has 0 radical (unpaired) electrons. The summed E-state index contributed by atoms with van der Waals surface area (Å²) in [6.45, 7) is 2.64. The molecule has 10 heteroatoms. The maximum Gasteiger partial charge on any atom is 0.124 e. The average Bonchev–Trinajstić information content (AvgIpc) is 3.42. The zero-order valence-electron chi connectivity index (χ0n) is 15.8. The highest BCUT2D eigenvalue weighted by atomic mass is 32.2. The molecule has 5 rings (SSSR count). The Labute approximate surface area is 174 Å². The van der Waals surface area contributed by atoms with Crippen LogP contribution in [0, 0.1) is 12.8 Å². The lowest BCUT2D eigenvalue weighted by molar-refractivity contribution is 0.200. The van der Waals surface area contributed by atoms with Gasteiger partial charge in [-0.1, -0.05) is 11.8 Å². The molecule has 0 spiro atoms. The van der Waals surface area contributed by atoms with E-state index in [9.17, 15) is 4.21 Å². The van der Waals surface area contributed by atoms with E-state index in [0.29, 0.717) is 18.3 Å². The summed E-state index contributed by atoms with van der Waals surface area (Å²) in [6, 6.07) is 0.211. The molecule has 2 aromatic rings. The van der Waals surface area contributed by atoms with Gasteiger partial charge in [-0.25, -0.2) is 14.6 Å². The molecule has 28 heavy (non-hydrogen) atoms. The van der Waals surface area contributed by atoms with Gasteiger partial charge in [0, 0.05) is 42.9 Å². The monoisotopic (exact) mass is 437 g/mol. The standard InChI is InChI=1S/C18H23N5O2S3/c1-10-20-9-13-11-8-12(16-19-4-6-26-16)21-17-14(11)15(22-23(10)13)18(27-17)28(24)7-3-5-25-2/h4,6,9,11-12,14,17,21-22H,3,5,7-8H2,1-2H3. The summed E-state index contributed by atoms with van der Waals surface area (Å²) in [4.78, 5) is 9.08. The summed E-state index contributed by atoms with van der Waals surface area (Å²) in [5.74, 6) is 2.17. The SMILES string of the molecule is COCCCS(=O)C1=C2Nn3c(cnc3C)C3CC(c4nccs4)NC(S1)C23. The van der Waals surface area contributed by atoms with Crippen LogP contribution in [0.1, 0.15) is 41.3 Å². The van der Waals surface area contributed by atoms with Crippen molar-refractivity contribution in [1.29, 1.82) is 0 Å². The van der Waals surface area contributed by atoms with Crippen molar-refractivity contribution < 1.29 is 8.95 Å². The molecule has 0 saturated carbocycles. The lowest BCUT2D eigenvalue weighted by atomic mass is 9.78. The maximum absolute atomic E-state index is 13.1. The first-order valence-electron chi connectivity index (χ1n) is 9.42. The predicted molar refractivity (Wildman–Crippen MR) is 113 cm³/mol. The highest BCUT2D eigenvalue weighted by Crippen LogP contribution is 2.55. The minimum atomic E-state index is -1.03. The number of thioether (sulfide) groups is 1. The van der Waals surface area contributed by atoms with Gasteiger partial charge in [-0.15, -0.1) is 11.3 Å². The Morgan fingerprint density at radius 1 is 1.43 bits per heavy atom. The molecule has 5 heterocycles. The fourth-order valence-corrected chi connectivity index (χ4v) is 8.29. The van der Waals surface area contributed by atoms with Gasteiger partial charge in [0.15, 0.2) is 0 Å². The molecule has 2 aromatic heterocycles. The Kier molecular flexibility index (Phi) is 5.08. The molecule has 3 aliphatic heterocycles. The highest BCUT2D eigenvalue weighted by molar-refractivity contribution is 8.17. The Morgan fingerprint density at radius 3 is 3.11 bits per heavy atom. The number of aromatic nitrogens is 3. The van der Waals surface area contributed by atoms with Crippen molar-refractivity contribution in [2.24, 2.45) is 5.92 Å². The van der Waals surface area contributed by atoms with E-state index in [1.807, 2.05) is 24.7 Å². The van der Waals surface area contributed by atoms with Crippen LogP contribution >= 0.6 is 23.1 Å². The van der Waals surface area contributed by atoms with Crippen LogP contribution in [0.25, 0.3) is 0 Å². The molecule has 150 valence electrons. The van der Waals surface area contributed by atoms with E-state index in [-0.39, 0.29) is 17.3 Å². The fraction of sp³-hybridized carbons (Fsp3) is 0.556. The Bertz CT molecular complexity index is 926. The van der Waals surface area contributed by atoms with Gasteiger partial charge in [0.2, 0.25) is 0 Å². The van der Waals surface area contributed by atoms with Crippen LogP contribution in [0.2, 0.25) is 0 Å². The van der Waals surface area contributed by atoms with Crippen LogP contribution in [0.15, 0.2) is 27.7 Å². The molecule has 1 fully saturated rings. The first kappa shape index (κ1) is 18.8. The van der Waals surface area contributed by atoms with Crippen LogP contribution < -0.4 is 10.7 Å². The van der Waals surface area contributed by atoms with Crippen LogP contribution in [0.5, 0.6) is 0 Å². The maximum atomic E-state index is 13.1. The molecular weight excluding hydrogens is 414 g/mol. The largest absolute Gasteiger partial charge is 0.385 e. The number of rotatable bonds is 6. The smallest absolute Gasteiger partial charge is 0.124 e. The Morgan fingerprint density at radius 2 is 2.32 bits per heavy atom. The third-order valence-corrected chi connectivity index (χ3v) is 9.76. The third-order valence-electron chi connectivity index (χ3n) is 5.61. The number of hydrogen-bond acceptors (Lipinski definition) is 8. The molecule has 2 N–H and O–H groups in total. The van der Waals surface area contributed by atoms with Crippen molar-refractivity contribution in [3.63, 3.8) is 0 Å². The van der Waals surface area contributed by atoms with Gasteiger partial charge in [-0.2, -0.15) is 0 Å². The summed E-state index contributed by atoms with van der Waals surface area (Å²) < 4.78 is 21.3. The predicted octanol–water partition coefficient (Wildman–Crippen LogP) is 2.67. The van der Waals surface area contributed by atoms with Crippen LogP contribution in [0.3, 0.4) is 0 Å². The normalized spacial score (nSPS) is 29.4. The summed E-state index contributed by atoms with van der Waals surface area (Å²) in [6.07, 6.45) is 5.62. The van der Waals surface area contributed by atoms with E-state index < -0.39 is 10.8 Å². The van der Waals surface area contributed by atoms with Crippen molar-refractivity contribution in [2.75, 3.05) is 24.9 Å². The second-order valence-corrected chi connectivity index (χ2v) is 11.1. The van der Waals surface area contributed by atoms with E-state index in [0.717, 1.165) is 33.6 Å². The summed E-state index contributed by atoms with van der Waals surface area (Å²) in [5.41, 5.74) is 5.86. The molecule has 0 aliphatic carbocycles. The van der Waals surface area contributed by atoms with Gasteiger partial charge in [0.05, 0.1) is 44.0 Å². The number of nitrogens with zero attached hydrogens (tertiary/aromatic N) is 3. The van der Waals surface area contributed by atoms with Gasteiger partial charge in [0.1, 0.15) is 10.8 Å². The zero-order valence-corrected chi connectivity index (χ0v) is 18.2. The van der Waals surface area contributed by atoms with E-state index >= 15 is 0 Å². The van der Waals surface area contributed by atoms with Crippen LogP contribution in [-0.2, 0) is 15.5 Å². The van der Waals surface area contributed by atoms with E-state index in [1.54, 1.807) is 30.2 Å². The number of methoxy groups -OCH3 is 1. The molecule has 5 atom stereocenters. The number of piperidine rings is 1. The van der Waals surface area contributed by atoms with Gasteiger partial charge in [-0.05, 0) is 19.8 Å². The Hall–Kier alpha value is -1.20. The summed E-state index contributed by atoms with van der Waals surface area (Å²) >= 11 is 3.42. The molecule has 7 nitrogen and oxygen atoms in total. The van der Waals surface area contributed by atoms with Crippen molar-refractivity contribution in [2.45, 2.75) is 37.1 Å². The van der Waals surface area contributed by atoms with Crippen molar-refractivity contribution in [3.8, 4) is 0 Å². The number of ether oxygens (including phenoxy) is 1. The second kappa shape index (κ2) is 7.56. The van der Waals surface area contributed by atoms with Crippen LogP contribution in [0.4, 0.5) is 0 Å². The van der Waals surface area contributed by atoms with E-state index in [1.165, 1.54) is 5.69 Å². The summed E-state index contributed by atoms with van der Waals surface area (Å²) in [7, 11) is 0.653. The van der Waals surface area contributed by atoms with Crippen molar-refractivity contribution >= 4 is 33.9 Å². The van der Waals surface area contributed by atoms with Gasteiger partial charge in [0.25, 0.3) is 0 Å². The number of aryl methyl sites for hydroxylation is 1. The minimum Gasteiger partial charge on any atom is -0.385 e. The second-order valence-electron chi connectivity index (χ2n) is 7.27. The highest BCUT2D eigenvalue weighted by Gasteiger charge is 2.51. The van der Waals surface area contributed by atoms with Crippen molar-refractivity contribution in [1.82, 2.24) is 20.0 Å². The van der Waals surface area contributed by atoms with Crippen LogP contribution in [-0.4, -0.2) is 43.7 Å². The fourth-order valence-electron chi connectivity index (χ4n) is 4.35. The van der Waals surface area contributed by atoms with E-state index in [2.05, 4.69) is 25.4 Å². The minimum absolute atomic E-state index is 0.195. The molecule has 5 unspecified atom stereocenters.